The minimum absolute atomic E-state index is 0.306. The molecule has 3 atom stereocenters. The smallest absolute Gasteiger partial charge is 0.266 e. The number of benzene rings is 3. The Morgan fingerprint density at radius 3 is 2.12 bits per heavy atom. The number of amides is 2. The Kier molecular flexibility index (Phi) is 5.03. The van der Waals surface area contributed by atoms with E-state index in [0.29, 0.717) is 17.2 Å². The molecule has 3 aromatic rings. The van der Waals surface area contributed by atoms with Crippen LogP contribution in [-0.2, 0) is 14.4 Å². The predicted octanol–water partition coefficient (Wildman–Crippen LogP) is 3.75. The Labute approximate surface area is 185 Å². The van der Waals surface area contributed by atoms with Crippen LogP contribution >= 0.6 is 0 Å². The van der Waals surface area contributed by atoms with Crippen molar-refractivity contribution in [2.24, 2.45) is 5.92 Å². The summed E-state index contributed by atoms with van der Waals surface area (Å²) in [6.45, 7) is 0. The summed E-state index contributed by atoms with van der Waals surface area (Å²) in [6, 6.07) is 23.4. The fraction of sp³-hybridized carbons (Fsp3) is 0.200. The van der Waals surface area contributed by atoms with Gasteiger partial charge in [0.15, 0.2) is 6.10 Å². The lowest BCUT2D eigenvalue weighted by molar-refractivity contribution is -0.126. The Balaban J connectivity index is 1.59. The fourth-order valence-corrected chi connectivity index (χ4v) is 4.38. The summed E-state index contributed by atoms with van der Waals surface area (Å²) < 4.78 is 10.7. The average Bonchev–Trinajstić information content (AvgIpc) is 3.35. The zero-order valence-corrected chi connectivity index (χ0v) is 17.7. The first-order valence-corrected chi connectivity index (χ1v) is 10.3. The molecule has 2 saturated heterocycles. The molecule has 2 fully saturated rings. The maximum Gasteiger partial charge on any atom is 0.266 e. The highest BCUT2D eigenvalue weighted by atomic mass is 16.7. The first-order valence-electron chi connectivity index (χ1n) is 10.3. The van der Waals surface area contributed by atoms with E-state index in [1.54, 1.807) is 43.5 Å². The highest BCUT2D eigenvalue weighted by Gasteiger charge is 2.60. The number of carbonyl (C=O) groups excluding carboxylic acids is 2. The summed E-state index contributed by atoms with van der Waals surface area (Å²) in [5, 5.41) is 1.67. The lowest BCUT2D eigenvalue weighted by Crippen LogP contribution is -2.37. The highest BCUT2D eigenvalue weighted by molar-refractivity contribution is 6.24. The van der Waals surface area contributed by atoms with Crippen molar-refractivity contribution in [3.8, 4) is 11.5 Å². The molecule has 7 nitrogen and oxygen atoms in total. The van der Waals surface area contributed by atoms with Gasteiger partial charge in [0.25, 0.3) is 5.91 Å². The molecule has 0 N–H and O–H groups in total. The summed E-state index contributed by atoms with van der Waals surface area (Å²) in [4.78, 5) is 34.4. The van der Waals surface area contributed by atoms with E-state index in [4.69, 9.17) is 14.3 Å². The number of hydrogen-bond acceptors (Lipinski definition) is 6. The molecule has 0 radical (unpaired) electrons. The predicted molar refractivity (Wildman–Crippen MR) is 119 cm³/mol. The van der Waals surface area contributed by atoms with Gasteiger partial charge in [-0.05, 0) is 42.0 Å². The molecule has 32 heavy (non-hydrogen) atoms. The molecule has 162 valence electrons. The quantitative estimate of drug-likeness (QED) is 0.575. The lowest BCUT2D eigenvalue weighted by atomic mass is 9.90. The van der Waals surface area contributed by atoms with Crippen molar-refractivity contribution < 1.29 is 23.9 Å². The second kappa shape index (κ2) is 8.01. The molecule has 0 spiro atoms. The minimum Gasteiger partial charge on any atom is -0.497 e. The van der Waals surface area contributed by atoms with Crippen molar-refractivity contribution >= 4 is 23.2 Å². The third-order valence-corrected chi connectivity index (χ3v) is 5.87. The van der Waals surface area contributed by atoms with Crippen LogP contribution < -0.4 is 19.4 Å². The number of hydroxylamine groups is 1. The van der Waals surface area contributed by atoms with E-state index in [1.807, 2.05) is 54.6 Å². The van der Waals surface area contributed by atoms with Crippen LogP contribution in [0.4, 0.5) is 11.4 Å². The van der Waals surface area contributed by atoms with Crippen LogP contribution in [0.15, 0.2) is 78.9 Å². The van der Waals surface area contributed by atoms with E-state index >= 15 is 0 Å². The minimum atomic E-state index is -0.926. The summed E-state index contributed by atoms with van der Waals surface area (Å²) in [5.41, 5.74) is 2.06. The second-order valence-electron chi connectivity index (χ2n) is 7.65. The largest absolute Gasteiger partial charge is 0.497 e. The molecule has 2 amide bonds. The molecular formula is C25H22N2O5. The molecule has 2 aliphatic rings. The van der Waals surface area contributed by atoms with Gasteiger partial charge in [-0.25, -0.2) is 9.96 Å². The van der Waals surface area contributed by atoms with Gasteiger partial charge in [-0.3, -0.25) is 14.4 Å². The Morgan fingerprint density at radius 2 is 1.41 bits per heavy atom. The maximum absolute atomic E-state index is 13.6. The average molecular weight is 430 g/mol. The molecule has 0 bridgehead atoms. The van der Waals surface area contributed by atoms with Crippen LogP contribution in [0.1, 0.15) is 11.6 Å². The standard InChI is InChI=1S/C25H22N2O5/c1-30-19-12-6-8-16(14-19)22-21-23(32-27(22)17-9-4-3-5-10-17)25(29)26(24(21)28)18-11-7-13-20(15-18)31-2/h3-15,21-23H,1-2H3/t21-,22+,23+/m0/s1. The van der Waals surface area contributed by atoms with Gasteiger partial charge >= 0.3 is 0 Å². The number of methoxy groups -OCH3 is 2. The molecule has 5 rings (SSSR count). The van der Waals surface area contributed by atoms with Crippen LogP contribution in [-0.4, -0.2) is 32.1 Å². The number of ether oxygens (including phenoxy) is 2. The molecule has 3 aromatic carbocycles. The van der Waals surface area contributed by atoms with Gasteiger partial charge in [0.2, 0.25) is 5.91 Å². The molecule has 2 aliphatic heterocycles. The summed E-state index contributed by atoms with van der Waals surface area (Å²) in [5.74, 6) is -0.170. The van der Waals surface area contributed by atoms with Crippen LogP contribution in [0.3, 0.4) is 0 Å². The number of para-hydroxylation sites is 1. The second-order valence-corrected chi connectivity index (χ2v) is 7.65. The number of anilines is 2. The summed E-state index contributed by atoms with van der Waals surface area (Å²) in [6.07, 6.45) is -0.926. The van der Waals surface area contributed by atoms with E-state index < -0.39 is 18.1 Å². The number of hydrogen-bond donors (Lipinski definition) is 0. The van der Waals surface area contributed by atoms with Crippen molar-refractivity contribution in [1.82, 2.24) is 0 Å². The molecule has 0 aromatic heterocycles. The topological polar surface area (TPSA) is 68.3 Å². The van der Waals surface area contributed by atoms with Crippen molar-refractivity contribution in [2.45, 2.75) is 12.1 Å². The molecule has 7 heteroatoms. The zero-order chi connectivity index (χ0) is 22.2. The van der Waals surface area contributed by atoms with E-state index in [2.05, 4.69) is 0 Å². The highest BCUT2D eigenvalue weighted by Crippen LogP contribution is 2.48. The van der Waals surface area contributed by atoms with E-state index in [-0.39, 0.29) is 11.8 Å². The molecule has 2 heterocycles. The van der Waals surface area contributed by atoms with Gasteiger partial charge in [0.05, 0.1) is 31.6 Å². The van der Waals surface area contributed by atoms with Crippen LogP contribution in [0.5, 0.6) is 11.5 Å². The molecule has 0 aliphatic carbocycles. The first kappa shape index (κ1) is 20.1. The van der Waals surface area contributed by atoms with E-state index in [9.17, 15) is 9.59 Å². The number of carbonyl (C=O) groups is 2. The summed E-state index contributed by atoms with van der Waals surface area (Å²) >= 11 is 0. The molecule has 0 unspecified atom stereocenters. The summed E-state index contributed by atoms with van der Waals surface area (Å²) in [7, 11) is 3.14. The van der Waals surface area contributed by atoms with E-state index in [0.717, 1.165) is 11.3 Å². The first-order chi connectivity index (χ1) is 15.6. The maximum atomic E-state index is 13.6. The lowest BCUT2D eigenvalue weighted by Gasteiger charge is -2.29. The normalized spacial score (nSPS) is 22.2. The SMILES string of the molecule is COc1cccc([C@@H]2[C@@H]3C(=O)N(c4cccc(OC)c4)C(=O)[C@@H]3ON2c2ccccc2)c1. The Hall–Kier alpha value is -3.84. The van der Waals surface area contributed by atoms with Crippen molar-refractivity contribution in [3.63, 3.8) is 0 Å². The van der Waals surface area contributed by atoms with Gasteiger partial charge < -0.3 is 9.47 Å². The van der Waals surface area contributed by atoms with Gasteiger partial charge in [-0.1, -0.05) is 36.4 Å². The number of rotatable bonds is 5. The molecule has 0 saturated carbocycles. The Bertz CT molecular complexity index is 1170. The van der Waals surface area contributed by atoms with Gasteiger partial charge in [0, 0.05) is 6.07 Å². The van der Waals surface area contributed by atoms with Crippen LogP contribution in [0.2, 0.25) is 0 Å². The third-order valence-electron chi connectivity index (χ3n) is 5.87. The fourth-order valence-electron chi connectivity index (χ4n) is 4.38. The Morgan fingerprint density at radius 1 is 0.750 bits per heavy atom. The zero-order valence-electron chi connectivity index (χ0n) is 17.7. The van der Waals surface area contributed by atoms with Crippen LogP contribution in [0.25, 0.3) is 0 Å². The molecular weight excluding hydrogens is 408 g/mol. The number of nitrogens with zero attached hydrogens (tertiary/aromatic N) is 2. The van der Waals surface area contributed by atoms with Crippen molar-refractivity contribution in [2.75, 3.05) is 24.2 Å². The number of imide groups is 1. The van der Waals surface area contributed by atoms with E-state index in [1.165, 1.54) is 4.90 Å². The van der Waals surface area contributed by atoms with Crippen molar-refractivity contribution in [3.05, 3.63) is 84.4 Å². The van der Waals surface area contributed by atoms with Crippen LogP contribution in [0, 0.1) is 5.92 Å². The monoisotopic (exact) mass is 430 g/mol. The van der Waals surface area contributed by atoms with Gasteiger partial charge in [-0.15, -0.1) is 0 Å². The number of fused-ring (bicyclic) bond motifs is 1. The van der Waals surface area contributed by atoms with Gasteiger partial charge in [0.1, 0.15) is 17.4 Å². The van der Waals surface area contributed by atoms with Gasteiger partial charge in [-0.2, -0.15) is 0 Å². The third kappa shape index (κ3) is 3.18. The van der Waals surface area contributed by atoms with Crippen molar-refractivity contribution in [1.29, 1.82) is 0 Å².